The maximum absolute atomic E-state index is 12.8. The van der Waals surface area contributed by atoms with Gasteiger partial charge in [0.1, 0.15) is 5.82 Å². The Kier molecular flexibility index (Phi) is 5.72. The highest BCUT2D eigenvalue weighted by atomic mass is 32.2. The summed E-state index contributed by atoms with van der Waals surface area (Å²) < 4.78 is 37.5. The number of nitrogens with one attached hydrogen (secondary N) is 1. The van der Waals surface area contributed by atoms with Gasteiger partial charge < -0.3 is 5.32 Å². The molecule has 0 aromatic heterocycles. The Balaban J connectivity index is 1.89. The van der Waals surface area contributed by atoms with Crippen molar-refractivity contribution < 1.29 is 17.6 Å². The molecule has 1 saturated heterocycles. The molecule has 1 unspecified atom stereocenters. The van der Waals surface area contributed by atoms with E-state index in [2.05, 4.69) is 5.32 Å². The molecular weight excluding hydrogens is 321 g/mol. The lowest BCUT2D eigenvalue weighted by atomic mass is 10.1. The van der Waals surface area contributed by atoms with E-state index >= 15 is 0 Å². The van der Waals surface area contributed by atoms with Gasteiger partial charge >= 0.3 is 0 Å². The van der Waals surface area contributed by atoms with E-state index in [-0.39, 0.29) is 24.3 Å². The first-order valence-electron chi connectivity index (χ1n) is 7.46. The molecule has 0 saturated carbocycles. The number of anilines is 1. The largest absolute Gasteiger partial charge is 0.325 e. The molecule has 23 heavy (non-hydrogen) atoms. The minimum atomic E-state index is -3.24. The summed E-state index contributed by atoms with van der Waals surface area (Å²) in [6, 6.07) is 5.46. The van der Waals surface area contributed by atoms with E-state index in [4.69, 9.17) is 0 Å². The van der Waals surface area contributed by atoms with Gasteiger partial charge in [0.25, 0.3) is 0 Å². The molecule has 1 aliphatic heterocycles. The van der Waals surface area contributed by atoms with Crippen LogP contribution < -0.4 is 5.32 Å². The van der Waals surface area contributed by atoms with Gasteiger partial charge in [-0.15, -0.1) is 0 Å². The third-order valence-electron chi connectivity index (χ3n) is 4.01. The molecule has 1 fully saturated rings. The average molecular weight is 343 g/mol. The minimum Gasteiger partial charge on any atom is -0.325 e. The standard InChI is InChI=1S/C15H22FN3O3S/c1-18(23(2,21)22)14-4-3-9-19(10-14)11-15(20)17-13-7-5-12(16)6-8-13/h5-8,14H,3-4,9-11H2,1-2H3,(H,17,20). The van der Waals surface area contributed by atoms with Gasteiger partial charge in [-0.1, -0.05) is 0 Å². The predicted molar refractivity (Wildman–Crippen MR) is 87.1 cm³/mol. The van der Waals surface area contributed by atoms with E-state index in [1.54, 1.807) is 7.05 Å². The number of benzene rings is 1. The summed E-state index contributed by atoms with van der Waals surface area (Å²) in [7, 11) is -1.66. The van der Waals surface area contributed by atoms with Gasteiger partial charge in [0.15, 0.2) is 0 Å². The summed E-state index contributed by atoms with van der Waals surface area (Å²) in [5, 5.41) is 2.71. The Morgan fingerprint density at radius 1 is 1.39 bits per heavy atom. The summed E-state index contributed by atoms with van der Waals surface area (Å²) >= 11 is 0. The molecule has 0 radical (unpaired) electrons. The Bertz CT molecular complexity index is 648. The van der Waals surface area contributed by atoms with Crippen LogP contribution in [0.1, 0.15) is 12.8 Å². The Morgan fingerprint density at radius 3 is 2.65 bits per heavy atom. The van der Waals surface area contributed by atoms with Crippen molar-refractivity contribution >= 4 is 21.6 Å². The molecule has 1 aliphatic rings. The third kappa shape index (κ3) is 5.26. The number of hydrogen-bond acceptors (Lipinski definition) is 4. The quantitative estimate of drug-likeness (QED) is 0.870. The van der Waals surface area contributed by atoms with Crippen molar-refractivity contribution in [3.63, 3.8) is 0 Å². The molecule has 0 bridgehead atoms. The molecule has 128 valence electrons. The van der Waals surface area contributed by atoms with Crippen molar-refractivity contribution in [3.05, 3.63) is 30.1 Å². The molecule has 8 heteroatoms. The molecule has 6 nitrogen and oxygen atoms in total. The van der Waals surface area contributed by atoms with Gasteiger partial charge in [-0.25, -0.2) is 17.1 Å². The molecule has 1 amide bonds. The zero-order valence-corrected chi connectivity index (χ0v) is 14.1. The zero-order chi connectivity index (χ0) is 17.0. The van der Waals surface area contributed by atoms with Gasteiger partial charge in [-0.3, -0.25) is 9.69 Å². The molecule has 1 heterocycles. The summed E-state index contributed by atoms with van der Waals surface area (Å²) in [6.45, 7) is 1.47. The summed E-state index contributed by atoms with van der Waals surface area (Å²) in [4.78, 5) is 14.0. The molecule has 2 rings (SSSR count). The highest BCUT2D eigenvalue weighted by Gasteiger charge is 2.28. The van der Waals surface area contributed by atoms with E-state index in [0.717, 1.165) is 19.4 Å². The number of carbonyl (C=O) groups is 1. The Hall–Kier alpha value is -1.51. The number of rotatable bonds is 5. The van der Waals surface area contributed by atoms with Crippen LogP contribution in [-0.2, 0) is 14.8 Å². The first kappa shape index (κ1) is 17.8. The van der Waals surface area contributed by atoms with Crippen LogP contribution in [0.4, 0.5) is 10.1 Å². The fourth-order valence-electron chi connectivity index (χ4n) is 2.68. The average Bonchev–Trinajstić information content (AvgIpc) is 2.48. The SMILES string of the molecule is CN(C1CCCN(CC(=O)Nc2ccc(F)cc2)C1)S(C)(=O)=O. The normalized spacial score (nSPS) is 19.7. The first-order valence-corrected chi connectivity index (χ1v) is 9.31. The van der Waals surface area contributed by atoms with E-state index in [9.17, 15) is 17.6 Å². The van der Waals surface area contributed by atoms with Crippen LogP contribution in [0.2, 0.25) is 0 Å². The summed E-state index contributed by atoms with van der Waals surface area (Å²) in [5.41, 5.74) is 0.540. The van der Waals surface area contributed by atoms with Crippen LogP contribution in [0.25, 0.3) is 0 Å². The zero-order valence-electron chi connectivity index (χ0n) is 13.3. The molecule has 0 aliphatic carbocycles. The third-order valence-corrected chi connectivity index (χ3v) is 5.36. The van der Waals surface area contributed by atoms with Gasteiger partial charge in [-0.05, 0) is 43.7 Å². The van der Waals surface area contributed by atoms with Crippen LogP contribution in [0.15, 0.2) is 24.3 Å². The molecular formula is C15H22FN3O3S. The number of halogens is 1. The smallest absolute Gasteiger partial charge is 0.238 e. The number of nitrogens with zero attached hydrogens (tertiary/aromatic N) is 2. The topological polar surface area (TPSA) is 69.7 Å². The lowest BCUT2D eigenvalue weighted by Crippen LogP contribution is -2.49. The predicted octanol–water partition coefficient (Wildman–Crippen LogP) is 1.12. The molecule has 1 atom stereocenters. The van der Waals surface area contributed by atoms with Crippen molar-refractivity contribution in [2.45, 2.75) is 18.9 Å². The van der Waals surface area contributed by atoms with Gasteiger partial charge in [0.2, 0.25) is 15.9 Å². The molecule has 0 spiro atoms. The van der Waals surface area contributed by atoms with Crippen LogP contribution in [-0.4, -0.2) is 62.5 Å². The van der Waals surface area contributed by atoms with Crippen LogP contribution in [0.3, 0.4) is 0 Å². The Labute approximate surface area is 136 Å². The van der Waals surface area contributed by atoms with Crippen molar-refractivity contribution in [1.29, 1.82) is 0 Å². The lowest BCUT2D eigenvalue weighted by molar-refractivity contribution is -0.117. The van der Waals surface area contributed by atoms with Gasteiger partial charge in [0.05, 0.1) is 12.8 Å². The number of piperidine rings is 1. The van der Waals surface area contributed by atoms with Crippen molar-refractivity contribution in [3.8, 4) is 0 Å². The number of sulfonamides is 1. The monoisotopic (exact) mass is 343 g/mol. The second kappa shape index (κ2) is 7.37. The van der Waals surface area contributed by atoms with Crippen LogP contribution in [0, 0.1) is 5.82 Å². The number of amides is 1. The second-order valence-electron chi connectivity index (χ2n) is 5.87. The fraction of sp³-hybridized carbons (Fsp3) is 0.533. The van der Waals surface area contributed by atoms with Crippen molar-refractivity contribution in [2.24, 2.45) is 0 Å². The second-order valence-corrected chi connectivity index (χ2v) is 7.91. The molecule has 1 N–H and O–H groups in total. The summed E-state index contributed by atoms with van der Waals surface area (Å²) in [5.74, 6) is -0.551. The maximum Gasteiger partial charge on any atom is 0.238 e. The number of carbonyl (C=O) groups excluding carboxylic acids is 1. The fourth-order valence-corrected chi connectivity index (χ4v) is 3.39. The summed E-state index contributed by atoms with van der Waals surface area (Å²) in [6.07, 6.45) is 2.82. The van der Waals surface area contributed by atoms with E-state index in [1.807, 2.05) is 4.90 Å². The van der Waals surface area contributed by atoms with Crippen LogP contribution >= 0.6 is 0 Å². The van der Waals surface area contributed by atoms with E-state index in [0.29, 0.717) is 12.2 Å². The van der Waals surface area contributed by atoms with E-state index < -0.39 is 10.0 Å². The highest BCUT2D eigenvalue weighted by molar-refractivity contribution is 7.88. The van der Waals surface area contributed by atoms with Gasteiger partial charge in [0, 0.05) is 25.3 Å². The molecule has 1 aromatic rings. The van der Waals surface area contributed by atoms with Crippen molar-refractivity contribution in [1.82, 2.24) is 9.21 Å². The number of likely N-dealkylation sites (tertiary alicyclic amines) is 1. The first-order chi connectivity index (χ1) is 10.8. The molecule has 1 aromatic carbocycles. The number of hydrogen-bond donors (Lipinski definition) is 1. The van der Waals surface area contributed by atoms with Gasteiger partial charge in [-0.2, -0.15) is 0 Å². The number of likely N-dealkylation sites (N-methyl/N-ethyl adjacent to an activating group) is 1. The maximum atomic E-state index is 12.8. The lowest BCUT2D eigenvalue weighted by Gasteiger charge is -2.36. The van der Waals surface area contributed by atoms with Crippen LogP contribution in [0.5, 0.6) is 0 Å². The highest BCUT2D eigenvalue weighted by Crippen LogP contribution is 2.17. The van der Waals surface area contributed by atoms with E-state index in [1.165, 1.54) is 34.8 Å². The van der Waals surface area contributed by atoms with Crippen molar-refractivity contribution in [2.75, 3.05) is 38.3 Å². The Morgan fingerprint density at radius 2 is 2.04 bits per heavy atom. The minimum absolute atomic E-state index is 0.114.